The van der Waals surface area contributed by atoms with Crippen molar-refractivity contribution in [2.24, 2.45) is 0 Å². The van der Waals surface area contributed by atoms with Gasteiger partial charge in [0.1, 0.15) is 11.3 Å². The monoisotopic (exact) mass is 366 g/mol. The molecule has 0 aliphatic rings. The summed E-state index contributed by atoms with van der Waals surface area (Å²) < 4.78 is 44.0. The molecule has 8 heteroatoms. The molecule has 0 saturated carbocycles. The summed E-state index contributed by atoms with van der Waals surface area (Å²) in [4.78, 5) is 4.49. The molecule has 0 saturated heterocycles. The van der Waals surface area contributed by atoms with Crippen molar-refractivity contribution in [2.45, 2.75) is 15.9 Å². The lowest BCUT2D eigenvalue weighted by Gasteiger charge is -2.10. The van der Waals surface area contributed by atoms with Gasteiger partial charge < -0.3 is 4.42 Å². The largest absolute Gasteiger partial charge is 0.431 e. The van der Waals surface area contributed by atoms with E-state index in [-0.39, 0.29) is 10.7 Å². The minimum absolute atomic E-state index is 0.170. The first-order chi connectivity index (χ1) is 11.4. The Morgan fingerprint density at radius 3 is 2.54 bits per heavy atom. The molecule has 3 rings (SSSR count). The normalized spacial score (nSPS) is 12.2. The van der Waals surface area contributed by atoms with Gasteiger partial charge in [-0.05, 0) is 35.9 Å². The molecule has 0 atom stereocenters. The summed E-state index contributed by atoms with van der Waals surface area (Å²) >= 11 is 1.36. The second-order valence-corrected chi connectivity index (χ2v) is 8.39. The minimum Gasteiger partial charge on any atom is -0.431 e. The first-order valence-electron chi connectivity index (χ1n) is 7.06. The van der Waals surface area contributed by atoms with Crippen LogP contribution in [-0.2, 0) is 15.8 Å². The van der Waals surface area contributed by atoms with Gasteiger partial charge in [0.05, 0.1) is 4.90 Å². The molecule has 0 N–H and O–H groups in total. The van der Waals surface area contributed by atoms with E-state index in [2.05, 4.69) is 4.98 Å². The predicted octanol–water partition coefficient (Wildman–Crippen LogP) is 3.51. The van der Waals surface area contributed by atoms with Gasteiger partial charge in [0.25, 0.3) is 5.22 Å². The molecular weight excluding hydrogens is 351 g/mol. The SMILES string of the molecule is CN(C)S(=O)(=O)c1ccc2oc(SCc3ccc(F)cc3)nc2c1. The fourth-order valence-corrected chi connectivity index (χ4v) is 3.76. The smallest absolute Gasteiger partial charge is 0.257 e. The third-order valence-corrected chi connectivity index (χ3v) is 6.10. The Hall–Kier alpha value is -1.90. The van der Waals surface area contributed by atoms with Gasteiger partial charge in [-0.1, -0.05) is 23.9 Å². The summed E-state index contributed by atoms with van der Waals surface area (Å²) in [5, 5.41) is 0.439. The Bertz CT molecular complexity index is 967. The van der Waals surface area contributed by atoms with E-state index < -0.39 is 10.0 Å². The molecule has 0 fully saturated rings. The third kappa shape index (κ3) is 3.45. The van der Waals surface area contributed by atoms with Gasteiger partial charge >= 0.3 is 0 Å². The zero-order valence-corrected chi connectivity index (χ0v) is 14.7. The number of thioether (sulfide) groups is 1. The van der Waals surface area contributed by atoms with Gasteiger partial charge in [-0.3, -0.25) is 0 Å². The van der Waals surface area contributed by atoms with Gasteiger partial charge in [0, 0.05) is 19.8 Å². The number of hydrogen-bond acceptors (Lipinski definition) is 5. The van der Waals surface area contributed by atoms with Crippen LogP contribution in [0.15, 0.2) is 57.0 Å². The number of nitrogens with zero attached hydrogens (tertiary/aromatic N) is 2. The highest BCUT2D eigenvalue weighted by molar-refractivity contribution is 7.98. The van der Waals surface area contributed by atoms with Crippen LogP contribution in [-0.4, -0.2) is 31.8 Å². The predicted molar refractivity (Wildman–Crippen MR) is 90.8 cm³/mol. The molecule has 0 aliphatic heterocycles. The molecule has 0 spiro atoms. The van der Waals surface area contributed by atoms with Gasteiger partial charge in [-0.2, -0.15) is 0 Å². The van der Waals surface area contributed by atoms with E-state index in [9.17, 15) is 12.8 Å². The van der Waals surface area contributed by atoms with E-state index in [1.165, 1.54) is 50.1 Å². The second-order valence-electron chi connectivity index (χ2n) is 5.31. The van der Waals surface area contributed by atoms with Crippen LogP contribution in [0.3, 0.4) is 0 Å². The van der Waals surface area contributed by atoms with Crippen molar-refractivity contribution in [1.29, 1.82) is 0 Å². The summed E-state index contributed by atoms with van der Waals surface area (Å²) in [6, 6.07) is 10.8. The van der Waals surface area contributed by atoms with Crippen LogP contribution in [0.4, 0.5) is 4.39 Å². The standard InChI is InChI=1S/C16H15FN2O3S2/c1-19(2)24(20,21)13-7-8-15-14(9-13)18-16(22-15)23-10-11-3-5-12(17)6-4-11/h3-9H,10H2,1-2H3. The van der Waals surface area contributed by atoms with Crippen LogP contribution in [0.5, 0.6) is 0 Å². The van der Waals surface area contributed by atoms with E-state index >= 15 is 0 Å². The summed E-state index contributed by atoms with van der Waals surface area (Å²) in [6.07, 6.45) is 0. The van der Waals surface area contributed by atoms with Crippen molar-refractivity contribution >= 4 is 32.9 Å². The van der Waals surface area contributed by atoms with Crippen molar-refractivity contribution in [3.05, 3.63) is 53.8 Å². The van der Waals surface area contributed by atoms with Crippen LogP contribution in [0.1, 0.15) is 5.56 Å². The Morgan fingerprint density at radius 2 is 1.88 bits per heavy atom. The maximum atomic E-state index is 12.9. The zero-order valence-electron chi connectivity index (χ0n) is 13.1. The highest BCUT2D eigenvalue weighted by Crippen LogP contribution is 2.28. The number of halogens is 1. The number of fused-ring (bicyclic) bond motifs is 1. The summed E-state index contributed by atoms with van der Waals surface area (Å²) in [6.45, 7) is 0. The van der Waals surface area contributed by atoms with Crippen LogP contribution in [0.25, 0.3) is 11.1 Å². The summed E-state index contributed by atoms with van der Waals surface area (Å²) in [5.41, 5.74) is 1.95. The zero-order chi connectivity index (χ0) is 17.3. The van der Waals surface area contributed by atoms with Crippen LogP contribution in [0, 0.1) is 5.82 Å². The van der Waals surface area contributed by atoms with Crippen LogP contribution in [0.2, 0.25) is 0 Å². The first kappa shape index (κ1) is 16.9. The van der Waals surface area contributed by atoms with Gasteiger partial charge in [-0.15, -0.1) is 0 Å². The van der Waals surface area contributed by atoms with E-state index in [1.54, 1.807) is 18.2 Å². The van der Waals surface area contributed by atoms with Gasteiger partial charge in [0.15, 0.2) is 5.58 Å². The van der Waals surface area contributed by atoms with E-state index in [1.807, 2.05) is 0 Å². The number of benzene rings is 2. The van der Waals surface area contributed by atoms with Crippen molar-refractivity contribution in [1.82, 2.24) is 9.29 Å². The Balaban J connectivity index is 1.82. The van der Waals surface area contributed by atoms with Crippen molar-refractivity contribution < 1.29 is 17.2 Å². The summed E-state index contributed by atoms with van der Waals surface area (Å²) in [7, 11) is -0.552. The lowest BCUT2D eigenvalue weighted by molar-refractivity contribution is 0.489. The number of aromatic nitrogens is 1. The van der Waals surface area contributed by atoms with Crippen LogP contribution < -0.4 is 0 Å². The number of oxazole rings is 1. The molecular formula is C16H15FN2O3S2. The molecule has 24 heavy (non-hydrogen) atoms. The maximum Gasteiger partial charge on any atom is 0.257 e. The van der Waals surface area contributed by atoms with Gasteiger partial charge in [-0.25, -0.2) is 22.1 Å². The molecule has 1 aromatic heterocycles. The lowest BCUT2D eigenvalue weighted by atomic mass is 10.2. The molecule has 0 aliphatic carbocycles. The van der Waals surface area contributed by atoms with E-state index in [0.29, 0.717) is 22.1 Å². The molecule has 1 heterocycles. The van der Waals surface area contributed by atoms with E-state index in [0.717, 1.165) is 9.87 Å². The first-order valence-corrected chi connectivity index (χ1v) is 9.49. The second kappa shape index (κ2) is 6.54. The Morgan fingerprint density at radius 1 is 1.17 bits per heavy atom. The fourth-order valence-electron chi connectivity index (χ4n) is 2.04. The molecule has 5 nitrogen and oxygen atoms in total. The maximum absolute atomic E-state index is 12.9. The fraction of sp³-hybridized carbons (Fsp3) is 0.188. The molecule has 0 unspecified atom stereocenters. The van der Waals surface area contributed by atoms with Crippen molar-refractivity contribution in [2.75, 3.05) is 14.1 Å². The van der Waals surface area contributed by atoms with Crippen molar-refractivity contribution in [3.8, 4) is 0 Å². The molecule has 126 valence electrons. The van der Waals surface area contributed by atoms with Gasteiger partial charge in [0.2, 0.25) is 10.0 Å². The molecule has 0 amide bonds. The highest BCUT2D eigenvalue weighted by Gasteiger charge is 2.19. The molecule has 3 aromatic rings. The minimum atomic E-state index is -3.51. The van der Waals surface area contributed by atoms with E-state index in [4.69, 9.17) is 4.42 Å². The van der Waals surface area contributed by atoms with Crippen LogP contribution >= 0.6 is 11.8 Å². The summed E-state index contributed by atoms with van der Waals surface area (Å²) in [5.74, 6) is 0.302. The molecule has 0 bridgehead atoms. The Labute approximate surface area is 143 Å². The number of sulfonamides is 1. The molecule has 2 aromatic carbocycles. The average molecular weight is 366 g/mol. The topological polar surface area (TPSA) is 63.4 Å². The molecule has 0 radical (unpaired) electrons. The number of hydrogen-bond donors (Lipinski definition) is 0. The Kier molecular flexibility index (Phi) is 4.62. The lowest BCUT2D eigenvalue weighted by Crippen LogP contribution is -2.22. The number of rotatable bonds is 5. The highest BCUT2D eigenvalue weighted by atomic mass is 32.2. The van der Waals surface area contributed by atoms with Crippen molar-refractivity contribution in [3.63, 3.8) is 0 Å². The third-order valence-electron chi connectivity index (χ3n) is 3.39. The quantitative estimate of drug-likeness (QED) is 0.647. The average Bonchev–Trinajstić information content (AvgIpc) is 2.96.